The second kappa shape index (κ2) is 5.35. The molecular weight excluding hydrogens is 212 g/mol. The number of ether oxygens (including phenoxy) is 1. The highest BCUT2D eigenvalue weighted by Crippen LogP contribution is 2.26. The number of carbonyl (C=O) groups excluding carboxylic acids is 1. The van der Waals surface area contributed by atoms with Gasteiger partial charge in [0.1, 0.15) is 5.75 Å². The lowest BCUT2D eigenvalue weighted by molar-refractivity contribution is 0.0963. The van der Waals surface area contributed by atoms with Crippen LogP contribution in [-0.4, -0.2) is 12.4 Å². The summed E-state index contributed by atoms with van der Waals surface area (Å²) >= 11 is 0. The van der Waals surface area contributed by atoms with Gasteiger partial charge in [0.05, 0.1) is 6.61 Å². The number of hydrogen-bond donors (Lipinski definition) is 0. The molecule has 0 saturated carbocycles. The molecule has 0 spiro atoms. The van der Waals surface area contributed by atoms with Gasteiger partial charge in [-0.25, -0.2) is 0 Å². The summed E-state index contributed by atoms with van der Waals surface area (Å²) in [7, 11) is 0. The fourth-order valence-corrected chi connectivity index (χ4v) is 2.11. The predicted octanol–water partition coefficient (Wildman–Crippen LogP) is 3.63. The number of aryl methyl sites for hydroxylation is 1. The molecule has 2 rings (SSSR count). The van der Waals surface area contributed by atoms with Gasteiger partial charge in [-0.2, -0.15) is 0 Å². The monoisotopic (exact) mass is 232 g/mol. The molecule has 0 saturated heterocycles. The Hall–Kier alpha value is -1.31. The highest BCUT2D eigenvalue weighted by Gasteiger charge is 2.15. The molecule has 0 aromatic heterocycles. The maximum Gasteiger partial charge on any atom is 0.163 e. The van der Waals surface area contributed by atoms with Crippen LogP contribution in [0, 0.1) is 5.92 Å². The van der Waals surface area contributed by atoms with E-state index in [0.29, 0.717) is 12.3 Å². The van der Waals surface area contributed by atoms with Crippen molar-refractivity contribution in [1.82, 2.24) is 0 Å². The van der Waals surface area contributed by atoms with E-state index in [9.17, 15) is 4.79 Å². The van der Waals surface area contributed by atoms with Gasteiger partial charge in [-0.3, -0.25) is 4.79 Å². The molecule has 0 amide bonds. The second-order valence-electron chi connectivity index (χ2n) is 4.92. The third-order valence-electron chi connectivity index (χ3n) is 3.46. The zero-order valence-electron chi connectivity index (χ0n) is 10.7. The first kappa shape index (κ1) is 12.2. The SMILES string of the molecule is CCC(C)CC(=O)c1ccc2c(c1)CCCO2. The summed E-state index contributed by atoms with van der Waals surface area (Å²) in [5.74, 6) is 1.68. The zero-order chi connectivity index (χ0) is 12.3. The Morgan fingerprint density at radius 1 is 1.47 bits per heavy atom. The van der Waals surface area contributed by atoms with Gasteiger partial charge in [0.25, 0.3) is 0 Å². The molecular formula is C15H20O2. The first-order valence-electron chi connectivity index (χ1n) is 6.49. The standard InChI is InChI=1S/C15H20O2/c1-3-11(2)9-14(16)12-6-7-15-13(10-12)5-4-8-17-15/h6-7,10-11H,3-5,8-9H2,1-2H3. The van der Waals surface area contributed by atoms with Crippen LogP contribution < -0.4 is 4.74 Å². The van der Waals surface area contributed by atoms with Crippen molar-refractivity contribution < 1.29 is 9.53 Å². The van der Waals surface area contributed by atoms with E-state index in [2.05, 4.69) is 13.8 Å². The summed E-state index contributed by atoms with van der Waals surface area (Å²) < 4.78 is 5.55. The van der Waals surface area contributed by atoms with Crippen molar-refractivity contribution >= 4 is 5.78 Å². The highest BCUT2D eigenvalue weighted by atomic mass is 16.5. The van der Waals surface area contributed by atoms with Crippen LogP contribution in [0.25, 0.3) is 0 Å². The Labute approximate surface area is 103 Å². The Kier molecular flexibility index (Phi) is 3.82. The summed E-state index contributed by atoms with van der Waals surface area (Å²) in [6, 6.07) is 5.85. The predicted molar refractivity (Wildman–Crippen MR) is 68.7 cm³/mol. The molecule has 1 aromatic carbocycles. The molecule has 2 nitrogen and oxygen atoms in total. The van der Waals surface area contributed by atoms with E-state index in [4.69, 9.17) is 4.74 Å². The Balaban J connectivity index is 2.13. The van der Waals surface area contributed by atoms with Crippen molar-refractivity contribution in [3.05, 3.63) is 29.3 Å². The summed E-state index contributed by atoms with van der Waals surface area (Å²) in [4.78, 5) is 12.1. The topological polar surface area (TPSA) is 26.3 Å². The fraction of sp³-hybridized carbons (Fsp3) is 0.533. The molecule has 0 aliphatic carbocycles. The van der Waals surface area contributed by atoms with Crippen LogP contribution in [0.5, 0.6) is 5.75 Å². The molecule has 0 N–H and O–H groups in total. The third-order valence-corrected chi connectivity index (χ3v) is 3.46. The van der Waals surface area contributed by atoms with E-state index in [1.165, 1.54) is 5.56 Å². The molecule has 92 valence electrons. The lowest BCUT2D eigenvalue weighted by Crippen LogP contribution is -2.10. The van der Waals surface area contributed by atoms with Crippen LogP contribution in [0.15, 0.2) is 18.2 Å². The number of benzene rings is 1. The lowest BCUT2D eigenvalue weighted by atomic mass is 9.95. The number of fused-ring (bicyclic) bond motifs is 1. The second-order valence-corrected chi connectivity index (χ2v) is 4.92. The molecule has 1 aliphatic rings. The van der Waals surface area contributed by atoms with E-state index in [1.54, 1.807) is 0 Å². The minimum atomic E-state index is 0.257. The zero-order valence-corrected chi connectivity index (χ0v) is 10.7. The van der Waals surface area contributed by atoms with Crippen molar-refractivity contribution in [1.29, 1.82) is 0 Å². The average Bonchev–Trinajstić information content (AvgIpc) is 2.38. The average molecular weight is 232 g/mol. The normalized spacial score (nSPS) is 15.9. The van der Waals surface area contributed by atoms with Crippen molar-refractivity contribution in [2.24, 2.45) is 5.92 Å². The number of ketones is 1. The van der Waals surface area contributed by atoms with Crippen molar-refractivity contribution in [2.45, 2.75) is 39.5 Å². The number of rotatable bonds is 4. The van der Waals surface area contributed by atoms with Crippen LogP contribution in [0.1, 0.15) is 49.0 Å². The van der Waals surface area contributed by atoms with Gasteiger partial charge >= 0.3 is 0 Å². The molecule has 0 fully saturated rings. The summed E-state index contributed by atoms with van der Waals surface area (Å²) in [5.41, 5.74) is 2.03. The van der Waals surface area contributed by atoms with E-state index in [1.807, 2.05) is 18.2 Å². The minimum Gasteiger partial charge on any atom is -0.493 e. The smallest absolute Gasteiger partial charge is 0.163 e. The molecule has 2 heteroatoms. The summed E-state index contributed by atoms with van der Waals surface area (Å²) in [5, 5.41) is 0. The van der Waals surface area contributed by atoms with E-state index < -0.39 is 0 Å². The van der Waals surface area contributed by atoms with E-state index in [0.717, 1.165) is 37.2 Å². The van der Waals surface area contributed by atoms with Crippen LogP contribution in [0.2, 0.25) is 0 Å². The molecule has 17 heavy (non-hydrogen) atoms. The maximum absolute atomic E-state index is 12.1. The number of Topliss-reactive ketones (excluding diaryl/α,β-unsaturated/α-hetero) is 1. The molecule has 1 unspecified atom stereocenters. The van der Waals surface area contributed by atoms with Crippen LogP contribution >= 0.6 is 0 Å². The minimum absolute atomic E-state index is 0.257. The number of hydrogen-bond acceptors (Lipinski definition) is 2. The highest BCUT2D eigenvalue weighted by molar-refractivity contribution is 5.96. The van der Waals surface area contributed by atoms with Crippen LogP contribution in [0.4, 0.5) is 0 Å². The molecule has 0 bridgehead atoms. The maximum atomic E-state index is 12.1. The fourth-order valence-electron chi connectivity index (χ4n) is 2.11. The summed E-state index contributed by atoms with van der Waals surface area (Å²) in [6.07, 6.45) is 3.78. The van der Waals surface area contributed by atoms with Gasteiger partial charge < -0.3 is 4.74 Å². The van der Waals surface area contributed by atoms with Crippen molar-refractivity contribution in [2.75, 3.05) is 6.61 Å². The van der Waals surface area contributed by atoms with Crippen molar-refractivity contribution in [3.8, 4) is 5.75 Å². The first-order chi connectivity index (χ1) is 8.20. The first-order valence-corrected chi connectivity index (χ1v) is 6.49. The number of carbonyl (C=O) groups is 1. The Bertz CT molecular complexity index is 409. The third kappa shape index (κ3) is 2.87. The van der Waals surface area contributed by atoms with Crippen LogP contribution in [0.3, 0.4) is 0 Å². The van der Waals surface area contributed by atoms with Gasteiger partial charge in [0, 0.05) is 12.0 Å². The van der Waals surface area contributed by atoms with Crippen LogP contribution in [-0.2, 0) is 6.42 Å². The largest absolute Gasteiger partial charge is 0.493 e. The quantitative estimate of drug-likeness (QED) is 0.741. The van der Waals surface area contributed by atoms with E-state index in [-0.39, 0.29) is 5.78 Å². The van der Waals surface area contributed by atoms with Crippen molar-refractivity contribution in [3.63, 3.8) is 0 Å². The molecule has 1 atom stereocenters. The summed E-state index contributed by atoms with van der Waals surface area (Å²) in [6.45, 7) is 5.05. The molecule has 1 heterocycles. The van der Waals surface area contributed by atoms with Gasteiger partial charge in [0.2, 0.25) is 0 Å². The lowest BCUT2D eigenvalue weighted by Gasteiger charge is -2.17. The van der Waals surface area contributed by atoms with Gasteiger partial charge in [-0.05, 0) is 42.5 Å². The van der Waals surface area contributed by atoms with Gasteiger partial charge in [-0.15, -0.1) is 0 Å². The molecule has 1 aliphatic heterocycles. The molecule has 1 aromatic rings. The Morgan fingerprint density at radius 2 is 2.29 bits per heavy atom. The van der Waals surface area contributed by atoms with Gasteiger partial charge in [-0.1, -0.05) is 20.3 Å². The Morgan fingerprint density at radius 3 is 3.06 bits per heavy atom. The van der Waals surface area contributed by atoms with E-state index >= 15 is 0 Å². The van der Waals surface area contributed by atoms with Gasteiger partial charge in [0.15, 0.2) is 5.78 Å². The molecule has 0 radical (unpaired) electrons.